The summed E-state index contributed by atoms with van der Waals surface area (Å²) < 4.78 is 16.0. The van der Waals surface area contributed by atoms with Crippen LogP contribution in [-0.2, 0) is 0 Å². The van der Waals surface area contributed by atoms with E-state index in [4.69, 9.17) is 13.9 Å². The number of furan rings is 1. The number of benzene rings is 1. The molecule has 0 radical (unpaired) electrons. The molecule has 1 aromatic heterocycles. The van der Waals surface area contributed by atoms with E-state index in [1.54, 1.807) is 6.26 Å². The fourth-order valence-electron chi connectivity index (χ4n) is 2.29. The molecule has 1 aliphatic rings. The summed E-state index contributed by atoms with van der Waals surface area (Å²) in [5.41, 5.74) is 1.07. The van der Waals surface area contributed by atoms with E-state index in [-0.39, 0.29) is 25.5 Å². The van der Waals surface area contributed by atoms with Gasteiger partial charge in [-0.05, 0) is 36.8 Å². The number of hydrogen-bond donors (Lipinski definition) is 2. The minimum Gasteiger partial charge on any atom is -0.468 e. The standard InChI is InChI=1S/C15H17NO4/c1-10(16-12(8-17)13-3-2-6-18-13)11-4-5-14-15(7-11)20-9-19-14/h2-7,10,12,16-17H,8-9H2,1H3. The van der Waals surface area contributed by atoms with Gasteiger partial charge in [0.05, 0.1) is 18.9 Å². The van der Waals surface area contributed by atoms with Crippen molar-refractivity contribution in [1.82, 2.24) is 5.32 Å². The molecule has 5 heteroatoms. The molecule has 0 saturated carbocycles. The van der Waals surface area contributed by atoms with Crippen LogP contribution in [0.3, 0.4) is 0 Å². The van der Waals surface area contributed by atoms with Crippen LogP contribution in [-0.4, -0.2) is 18.5 Å². The minimum absolute atomic E-state index is 0.0254. The zero-order valence-electron chi connectivity index (χ0n) is 11.2. The molecule has 0 spiro atoms. The second kappa shape index (κ2) is 5.56. The van der Waals surface area contributed by atoms with Gasteiger partial charge in [0.2, 0.25) is 6.79 Å². The molecule has 2 aromatic rings. The monoisotopic (exact) mass is 275 g/mol. The Morgan fingerprint density at radius 2 is 2.10 bits per heavy atom. The maximum Gasteiger partial charge on any atom is 0.231 e. The first-order chi connectivity index (χ1) is 9.78. The van der Waals surface area contributed by atoms with Gasteiger partial charge in [-0.2, -0.15) is 0 Å². The summed E-state index contributed by atoms with van der Waals surface area (Å²) in [7, 11) is 0. The van der Waals surface area contributed by atoms with Crippen molar-refractivity contribution in [2.75, 3.05) is 13.4 Å². The first-order valence-electron chi connectivity index (χ1n) is 6.58. The third-order valence-electron chi connectivity index (χ3n) is 3.42. The van der Waals surface area contributed by atoms with E-state index in [0.29, 0.717) is 0 Å². The number of aliphatic hydroxyl groups excluding tert-OH is 1. The van der Waals surface area contributed by atoms with Crippen LogP contribution >= 0.6 is 0 Å². The Morgan fingerprint density at radius 1 is 1.25 bits per heavy atom. The van der Waals surface area contributed by atoms with Crippen molar-refractivity contribution < 1.29 is 19.0 Å². The molecule has 2 N–H and O–H groups in total. The number of hydrogen-bond acceptors (Lipinski definition) is 5. The predicted molar refractivity (Wildman–Crippen MR) is 72.7 cm³/mol. The van der Waals surface area contributed by atoms with Gasteiger partial charge in [-0.15, -0.1) is 0 Å². The summed E-state index contributed by atoms with van der Waals surface area (Å²) in [6.45, 7) is 2.28. The third-order valence-corrected chi connectivity index (χ3v) is 3.42. The highest BCUT2D eigenvalue weighted by molar-refractivity contribution is 5.45. The lowest BCUT2D eigenvalue weighted by atomic mass is 10.1. The topological polar surface area (TPSA) is 63.9 Å². The fraction of sp³-hybridized carbons (Fsp3) is 0.333. The van der Waals surface area contributed by atoms with Crippen molar-refractivity contribution in [2.45, 2.75) is 19.0 Å². The van der Waals surface area contributed by atoms with Crippen LogP contribution in [0.5, 0.6) is 11.5 Å². The van der Waals surface area contributed by atoms with Gasteiger partial charge < -0.3 is 19.0 Å². The lowest BCUT2D eigenvalue weighted by molar-refractivity contribution is 0.174. The van der Waals surface area contributed by atoms with Crippen molar-refractivity contribution in [1.29, 1.82) is 0 Å². The van der Waals surface area contributed by atoms with Crippen LogP contribution in [0.2, 0.25) is 0 Å². The van der Waals surface area contributed by atoms with Crippen LogP contribution in [0.4, 0.5) is 0 Å². The Balaban J connectivity index is 1.74. The third kappa shape index (κ3) is 2.50. The Morgan fingerprint density at radius 3 is 2.85 bits per heavy atom. The van der Waals surface area contributed by atoms with Gasteiger partial charge in [-0.3, -0.25) is 5.32 Å². The molecule has 1 aromatic carbocycles. The summed E-state index contributed by atoms with van der Waals surface area (Å²) in [4.78, 5) is 0. The van der Waals surface area contributed by atoms with Crippen LogP contribution in [0, 0.1) is 0 Å². The molecule has 20 heavy (non-hydrogen) atoms. The maximum absolute atomic E-state index is 9.48. The Labute approximate surface area is 117 Å². The first-order valence-corrected chi connectivity index (χ1v) is 6.58. The molecule has 0 bridgehead atoms. The zero-order valence-corrected chi connectivity index (χ0v) is 11.2. The molecule has 5 nitrogen and oxygen atoms in total. The zero-order chi connectivity index (χ0) is 13.9. The molecule has 2 heterocycles. The number of nitrogens with one attached hydrogen (secondary N) is 1. The number of fused-ring (bicyclic) bond motifs is 1. The molecule has 0 amide bonds. The maximum atomic E-state index is 9.48. The molecule has 1 aliphatic heterocycles. The molecule has 106 valence electrons. The van der Waals surface area contributed by atoms with E-state index in [9.17, 15) is 5.11 Å². The van der Waals surface area contributed by atoms with Crippen molar-refractivity contribution in [2.24, 2.45) is 0 Å². The second-order valence-electron chi connectivity index (χ2n) is 4.75. The molecule has 0 fully saturated rings. The molecule has 2 unspecified atom stereocenters. The van der Waals surface area contributed by atoms with E-state index >= 15 is 0 Å². The quantitative estimate of drug-likeness (QED) is 0.877. The first kappa shape index (κ1) is 13.0. The minimum atomic E-state index is -0.231. The molecule has 3 rings (SSSR count). The van der Waals surface area contributed by atoms with Crippen molar-refractivity contribution in [3.63, 3.8) is 0 Å². The van der Waals surface area contributed by atoms with Crippen molar-refractivity contribution in [3.05, 3.63) is 47.9 Å². The van der Waals surface area contributed by atoms with Crippen LogP contribution in [0.25, 0.3) is 0 Å². The van der Waals surface area contributed by atoms with Crippen LogP contribution < -0.4 is 14.8 Å². The fourth-order valence-corrected chi connectivity index (χ4v) is 2.29. The van der Waals surface area contributed by atoms with Crippen LogP contribution in [0.15, 0.2) is 41.0 Å². The smallest absolute Gasteiger partial charge is 0.231 e. The van der Waals surface area contributed by atoms with E-state index in [1.807, 2.05) is 37.3 Å². The van der Waals surface area contributed by atoms with Gasteiger partial charge in [0, 0.05) is 6.04 Å². The summed E-state index contributed by atoms with van der Waals surface area (Å²) in [5, 5.41) is 12.8. The molecular formula is C15H17NO4. The van der Waals surface area contributed by atoms with E-state index in [1.165, 1.54) is 0 Å². The van der Waals surface area contributed by atoms with Gasteiger partial charge in [0.1, 0.15) is 5.76 Å². The van der Waals surface area contributed by atoms with Gasteiger partial charge >= 0.3 is 0 Å². The highest BCUT2D eigenvalue weighted by Crippen LogP contribution is 2.34. The molecule has 0 saturated heterocycles. The van der Waals surface area contributed by atoms with Crippen molar-refractivity contribution in [3.8, 4) is 11.5 Å². The number of ether oxygens (including phenoxy) is 2. The lowest BCUT2D eigenvalue weighted by Crippen LogP contribution is -2.27. The Bertz CT molecular complexity index is 567. The number of aliphatic hydroxyl groups is 1. The van der Waals surface area contributed by atoms with Crippen LogP contribution in [0.1, 0.15) is 30.3 Å². The van der Waals surface area contributed by atoms with Gasteiger partial charge in [-0.1, -0.05) is 6.07 Å². The molecular weight excluding hydrogens is 258 g/mol. The van der Waals surface area contributed by atoms with Gasteiger partial charge in [-0.25, -0.2) is 0 Å². The molecule has 2 atom stereocenters. The predicted octanol–water partition coefficient (Wildman–Crippen LogP) is 2.39. The molecule has 0 aliphatic carbocycles. The summed E-state index contributed by atoms with van der Waals surface area (Å²) >= 11 is 0. The largest absolute Gasteiger partial charge is 0.468 e. The highest BCUT2D eigenvalue weighted by atomic mass is 16.7. The van der Waals surface area contributed by atoms with E-state index in [0.717, 1.165) is 22.8 Å². The highest BCUT2D eigenvalue weighted by Gasteiger charge is 2.19. The average molecular weight is 275 g/mol. The lowest BCUT2D eigenvalue weighted by Gasteiger charge is -2.20. The average Bonchev–Trinajstić information content (AvgIpc) is 3.14. The van der Waals surface area contributed by atoms with Gasteiger partial charge in [0.15, 0.2) is 11.5 Å². The van der Waals surface area contributed by atoms with Gasteiger partial charge in [0.25, 0.3) is 0 Å². The Kier molecular flexibility index (Phi) is 3.62. The summed E-state index contributed by atoms with van der Waals surface area (Å²) in [5.74, 6) is 2.25. The second-order valence-corrected chi connectivity index (χ2v) is 4.75. The Hall–Kier alpha value is -1.98. The SMILES string of the molecule is CC(NC(CO)c1ccco1)c1ccc2c(c1)OCO2. The van der Waals surface area contributed by atoms with E-state index < -0.39 is 0 Å². The summed E-state index contributed by atoms with van der Waals surface area (Å²) in [6, 6.07) is 9.32. The van der Waals surface area contributed by atoms with Crippen molar-refractivity contribution >= 4 is 0 Å². The normalized spacial score (nSPS) is 16.1. The van der Waals surface area contributed by atoms with E-state index in [2.05, 4.69) is 5.32 Å². The summed E-state index contributed by atoms with van der Waals surface area (Å²) in [6.07, 6.45) is 1.60. The number of rotatable bonds is 5.